The van der Waals surface area contributed by atoms with Crippen LogP contribution in [0.3, 0.4) is 0 Å². The number of aliphatic hydroxyl groups is 1. The van der Waals surface area contributed by atoms with E-state index in [1.54, 1.807) is 19.2 Å². The van der Waals surface area contributed by atoms with Gasteiger partial charge >= 0.3 is 0 Å². The molecule has 23 heavy (non-hydrogen) atoms. The summed E-state index contributed by atoms with van der Waals surface area (Å²) in [5, 5.41) is 23.8. The third-order valence-electron chi connectivity index (χ3n) is 3.51. The van der Waals surface area contributed by atoms with Gasteiger partial charge in [-0.2, -0.15) is 0 Å². The highest BCUT2D eigenvalue weighted by Gasteiger charge is 2.14. The molecule has 1 aromatic carbocycles. The first-order valence-corrected chi connectivity index (χ1v) is 7.56. The molecule has 0 aliphatic carbocycles. The van der Waals surface area contributed by atoms with Crippen molar-refractivity contribution in [2.24, 2.45) is 7.05 Å². The van der Waals surface area contributed by atoms with Crippen molar-refractivity contribution in [2.75, 3.05) is 13.2 Å². The number of phenols is 1. The van der Waals surface area contributed by atoms with E-state index in [2.05, 4.69) is 5.32 Å². The Kier molecular flexibility index (Phi) is 4.97. The highest BCUT2D eigenvalue weighted by molar-refractivity contribution is 5.90. The molecular formula is C17H24N2O4. The second kappa shape index (κ2) is 6.60. The summed E-state index contributed by atoms with van der Waals surface area (Å²) in [6.45, 7) is 6.60. The minimum Gasteiger partial charge on any atom is -0.506 e. The van der Waals surface area contributed by atoms with Crippen molar-refractivity contribution in [3.05, 3.63) is 34.6 Å². The standard InChI is InChI=1S/C17H24N2O4/c1-17(2,3)18-9-11(20)10-23-14-7-6-13(21)16-12(14)5-8-15(22)19(16)4/h5-8,11,18,20-21H,9-10H2,1-4H3. The van der Waals surface area contributed by atoms with Crippen molar-refractivity contribution in [1.82, 2.24) is 9.88 Å². The first kappa shape index (κ1) is 17.3. The minimum atomic E-state index is -0.661. The third-order valence-corrected chi connectivity index (χ3v) is 3.51. The Morgan fingerprint density at radius 2 is 1.96 bits per heavy atom. The lowest BCUT2D eigenvalue weighted by atomic mass is 10.1. The highest BCUT2D eigenvalue weighted by Crippen LogP contribution is 2.31. The Balaban J connectivity index is 2.17. The van der Waals surface area contributed by atoms with E-state index in [4.69, 9.17) is 4.74 Å². The molecule has 1 heterocycles. The SMILES string of the molecule is Cn1c(=O)ccc2c(OCC(O)CNC(C)(C)C)ccc(O)c21. The predicted octanol–water partition coefficient (Wildman–Crippen LogP) is 1.37. The summed E-state index contributed by atoms with van der Waals surface area (Å²) in [7, 11) is 1.59. The van der Waals surface area contributed by atoms with Crippen LogP contribution in [0.2, 0.25) is 0 Å². The molecule has 0 amide bonds. The average Bonchev–Trinajstić information content (AvgIpc) is 2.47. The van der Waals surface area contributed by atoms with E-state index in [1.807, 2.05) is 20.8 Å². The van der Waals surface area contributed by atoms with Gasteiger partial charge in [-0.3, -0.25) is 4.79 Å². The number of phenolic OH excluding ortho intramolecular Hbond substituents is 1. The van der Waals surface area contributed by atoms with E-state index in [-0.39, 0.29) is 23.5 Å². The number of nitrogens with one attached hydrogen (secondary N) is 1. The van der Waals surface area contributed by atoms with E-state index < -0.39 is 6.10 Å². The second-order valence-electron chi connectivity index (χ2n) is 6.67. The fourth-order valence-electron chi connectivity index (χ4n) is 2.26. The van der Waals surface area contributed by atoms with E-state index >= 15 is 0 Å². The number of pyridine rings is 1. The summed E-state index contributed by atoms with van der Waals surface area (Å²) in [5.41, 5.74) is 0.126. The van der Waals surface area contributed by atoms with Crippen molar-refractivity contribution in [2.45, 2.75) is 32.4 Å². The Bertz CT molecular complexity index is 747. The molecule has 0 spiro atoms. The lowest BCUT2D eigenvalue weighted by Crippen LogP contribution is -2.42. The van der Waals surface area contributed by atoms with E-state index in [0.717, 1.165) is 0 Å². The van der Waals surface area contributed by atoms with Gasteiger partial charge in [0.15, 0.2) is 0 Å². The maximum atomic E-state index is 11.7. The molecule has 0 aliphatic heterocycles. The highest BCUT2D eigenvalue weighted by atomic mass is 16.5. The first-order valence-electron chi connectivity index (χ1n) is 7.56. The summed E-state index contributed by atoms with van der Waals surface area (Å²) in [5.74, 6) is 0.533. The van der Waals surface area contributed by atoms with Crippen LogP contribution in [0.5, 0.6) is 11.5 Å². The van der Waals surface area contributed by atoms with Crippen molar-refractivity contribution >= 4 is 10.9 Å². The molecule has 0 radical (unpaired) electrons. The summed E-state index contributed by atoms with van der Waals surface area (Å²) >= 11 is 0. The predicted molar refractivity (Wildman–Crippen MR) is 90.1 cm³/mol. The number of rotatable bonds is 5. The van der Waals surface area contributed by atoms with Crippen molar-refractivity contribution in [1.29, 1.82) is 0 Å². The molecule has 0 saturated carbocycles. The number of β-amino-alcohol motifs (C(OH)–C–C–N with tert-alkyl or cyclic N) is 1. The Labute approximate surface area is 135 Å². The quantitative estimate of drug-likeness (QED) is 0.775. The van der Waals surface area contributed by atoms with Crippen LogP contribution in [0.15, 0.2) is 29.1 Å². The van der Waals surface area contributed by atoms with Gasteiger partial charge in [0, 0.05) is 30.6 Å². The number of benzene rings is 1. The molecule has 6 heteroatoms. The summed E-state index contributed by atoms with van der Waals surface area (Å²) < 4.78 is 7.05. The van der Waals surface area contributed by atoms with Crippen molar-refractivity contribution in [3.8, 4) is 11.5 Å². The number of fused-ring (bicyclic) bond motifs is 1. The molecule has 2 rings (SSSR count). The number of hydrogen-bond donors (Lipinski definition) is 3. The van der Waals surface area contributed by atoms with Gasteiger partial charge in [0.25, 0.3) is 5.56 Å². The Morgan fingerprint density at radius 3 is 2.61 bits per heavy atom. The lowest BCUT2D eigenvalue weighted by molar-refractivity contribution is 0.101. The van der Waals surface area contributed by atoms with Gasteiger partial charge in [-0.25, -0.2) is 0 Å². The molecule has 3 N–H and O–H groups in total. The number of nitrogens with zero attached hydrogens (tertiary/aromatic N) is 1. The molecule has 6 nitrogen and oxygen atoms in total. The molecule has 126 valence electrons. The van der Waals surface area contributed by atoms with Crippen LogP contribution >= 0.6 is 0 Å². The summed E-state index contributed by atoms with van der Waals surface area (Å²) in [4.78, 5) is 11.7. The first-order chi connectivity index (χ1) is 10.7. The average molecular weight is 320 g/mol. The molecule has 1 aromatic heterocycles. The molecule has 1 atom stereocenters. The number of aromatic hydroxyl groups is 1. The fourth-order valence-corrected chi connectivity index (χ4v) is 2.26. The van der Waals surface area contributed by atoms with Crippen LogP contribution in [0, 0.1) is 0 Å². The van der Waals surface area contributed by atoms with Crippen LogP contribution in [-0.2, 0) is 7.05 Å². The lowest BCUT2D eigenvalue weighted by Gasteiger charge is -2.23. The molecule has 0 fully saturated rings. The normalized spacial score (nSPS) is 13.3. The molecule has 1 unspecified atom stereocenters. The zero-order valence-corrected chi connectivity index (χ0v) is 14.0. The minimum absolute atomic E-state index is 0.0162. The van der Waals surface area contributed by atoms with Gasteiger partial charge in [0.05, 0.1) is 5.52 Å². The fraction of sp³-hybridized carbons (Fsp3) is 0.471. The molecule has 0 saturated heterocycles. The largest absolute Gasteiger partial charge is 0.506 e. The smallest absolute Gasteiger partial charge is 0.250 e. The monoisotopic (exact) mass is 320 g/mol. The van der Waals surface area contributed by atoms with Crippen LogP contribution in [0.25, 0.3) is 10.9 Å². The molecule has 0 bridgehead atoms. The van der Waals surface area contributed by atoms with Crippen LogP contribution in [0.1, 0.15) is 20.8 Å². The van der Waals surface area contributed by atoms with Gasteiger partial charge in [-0.15, -0.1) is 0 Å². The Morgan fingerprint density at radius 1 is 1.26 bits per heavy atom. The van der Waals surface area contributed by atoms with Crippen molar-refractivity contribution in [3.63, 3.8) is 0 Å². The number of aryl methyl sites for hydroxylation is 1. The maximum absolute atomic E-state index is 11.7. The number of ether oxygens (including phenoxy) is 1. The molecular weight excluding hydrogens is 296 g/mol. The van der Waals surface area contributed by atoms with Gasteiger partial charge in [0.1, 0.15) is 24.2 Å². The number of aliphatic hydroxyl groups excluding tert-OH is 1. The number of hydrogen-bond acceptors (Lipinski definition) is 5. The van der Waals surface area contributed by atoms with Crippen LogP contribution in [0.4, 0.5) is 0 Å². The number of aromatic nitrogens is 1. The van der Waals surface area contributed by atoms with Crippen LogP contribution < -0.4 is 15.6 Å². The summed E-state index contributed by atoms with van der Waals surface area (Å²) in [6.07, 6.45) is -0.661. The van der Waals surface area contributed by atoms with Gasteiger partial charge in [-0.05, 0) is 39.0 Å². The topological polar surface area (TPSA) is 83.7 Å². The maximum Gasteiger partial charge on any atom is 0.250 e. The van der Waals surface area contributed by atoms with E-state index in [1.165, 1.54) is 16.7 Å². The zero-order valence-electron chi connectivity index (χ0n) is 14.0. The zero-order chi connectivity index (χ0) is 17.2. The van der Waals surface area contributed by atoms with Gasteiger partial charge in [0.2, 0.25) is 0 Å². The molecule has 2 aromatic rings. The Hall–Kier alpha value is -2.05. The van der Waals surface area contributed by atoms with Crippen molar-refractivity contribution < 1.29 is 14.9 Å². The van der Waals surface area contributed by atoms with Gasteiger partial charge in [-0.1, -0.05) is 0 Å². The van der Waals surface area contributed by atoms with Crippen LogP contribution in [-0.4, -0.2) is 39.6 Å². The van der Waals surface area contributed by atoms with E-state index in [0.29, 0.717) is 23.2 Å². The second-order valence-corrected chi connectivity index (χ2v) is 6.67. The van der Waals surface area contributed by atoms with Gasteiger partial charge < -0.3 is 24.8 Å². The molecule has 0 aliphatic rings. The van der Waals surface area contributed by atoms with E-state index in [9.17, 15) is 15.0 Å². The third kappa shape index (κ3) is 4.24. The summed E-state index contributed by atoms with van der Waals surface area (Å²) in [6, 6.07) is 6.15.